The number of hydrogen-bond donors (Lipinski definition) is 0. The van der Waals surface area contributed by atoms with Crippen LogP contribution in [0.4, 0.5) is 0 Å². The van der Waals surface area contributed by atoms with E-state index in [-0.39, 0.29) is 5.41 Å². The summed E-state index contributed by atoms with van der Waals surface area (Å²) in [5.41, 5.74) is 2.31. The molecule has 0 aliphatic rings. The smallest absolute Gasteiger partial charge is 0.100 e. The van der Waals surface area contributed by atoms with Gasteiger partial charge in [-0.25, -0.2) is 4.99 Å². The fraction of sp³-hybridized carbons (Fsp3) is 0.429. The second kappa shape index (κ2) is 5.35. The van der Waals surface area contributed by atoms with Gasteiger partial charge in [-0.15, -0.1) is 0 Å². The van der Waals surface area contributed by atoms with Crippen LogP contribution in [0.5, 0.6) is 0 Å². The minimum absolute atomic E-state index is 0.0570. The van der Waals surface area contributed by atoms with Gasteiger partial charge in [0.15, 0.2) is 0 Å². The predicted octanol–water partition coefficient (Wildman–Crippen LogP) is 4.26. The predicted molar refractivity (Wildman–Crippen MR) is 75.3 cm³/mol. The first kappa shape index (κ1) is 13.0. The van der Waals surface area contributed by atoms with Crippen molar-refractivity contribution in [3.8, 4) is 0 Å². The van der Waals surface area contributed by atoms with Gasteiger partial charge in [0.2, 0.25) is 0 Å². The van der Waals surface area contributed by atoms with Crippen molar-refractivity contribution in [3.05, 3.63) is 35.9 Å². The molecular weight excluding hydrogens is 214 g/mol. The summed E-state index contributed by atoms with van der Waals surface area (Å²) in [5.74, 6) is 0. The Hall–Kier alpha value is -1.02. The molecule has 0 aliphatic heterocycles. The Kier molecular flexibility index (Phi) is 4.36. The summed E-state index contributed by atoms with van der Waals surface area (Å²) in [7, 11) is 0. The fourth-order valence-corrected chi connectivity index (χ4v) is 1.62. The van der Waals surface area contributed by atoms with Gasteiger partial charge in [0.25, 0.3) is 0 Å². The summed E-state index contributed by atoms with van der Waals surface area (Å²) in [6, 6.07) is 10.3. The fourth-order valence-electron chi connectivity index (χ4n) is 1.53. The van der Waals surface area contributed by atoms with Crippen molar-refractivity contribution in [1.29, 1.82) is 0 Å². The molecule has 0 amide bonds. The van der Waals surface area contributed by atoms with Crippen LogP contribution in [0, 0.1) is 5.41 Å². The molecule has 0 atom stereocenters. The molecule has 2 heteroatoms. The van der Waals surface area contributed by atoms with E-state index in [2.05, 4.69) is 37.9 Å². The lowest BCUT2D eigenvalue weighted by Gasteiger charge is -2.25. The van der Waals surface area contributed by atoms with Gasteiger partial charge in [-0.2, -0.15) is 0 Å². The quantitative estimate of drug-likeness (QED) is 0.561. The van der Waals surface area contributed by atoms with Gasteiger partial charge < -0.3 is 0 Å². The van der Waals surface area contributed by atoms with E-state index in [1.807, 2.05) is 25.1 Å². The highest BCUT2D eigenvalue weighted by Gasteiger charge is 2.24. The second-order valence-electron chi connectivity index (χ2n) is 4.58. The topological polar surface area (TPSA) is 12.4 Å². The lowest BCUT2D eigenvalue weighted by atomic mass is 9.81. The molecule has 1 aromatic rings. The first-order valence-corrected chi connectivity index (χ1v) is 6.03. The Balaban J connectivity index is 3.23. The Bertz CT molecular complexity index is 390. The van der Waals surface area contributed by atoms with Crippen LogP contribution in [0.3, 0.4) is 0 Å². The molecule has 1 nitrogen and oxygen atoms in total. The van der Waals surface area contributed by atoms with E-state index in [1.165, 1.54) is 5.56 Å². The molecule has 0 saturated heterocycles. The normalized spacial score (nSPS) is 12.6. The van der Waals surface area contributed by atoms with Gasteiger partial charge in [0, 0.05) is 5.41 Å². The van der Waals surface area contributed by atoms with E-state index in [4.69, 9.17) is 12.2 Å². The van der Waals surface area contributed by atoms with E-state index < -0.39 is 0 Å². The van der Waals surface area contributed by atoms with Crippen LogP contribution in [0.2, 0.25) is 0 Å². The molecule has 0 saturated carbocycles. The summed E-state index contributed by atoms with van der Waals surface area (Å²) in [4.78, 5) is 5.23. The average molecular weight is 233 g/mol. The van der Waals surface area contributed by atoms with Crippen molar-refractivity contribution in [2.75, 3.05) is 0 Å². The van der Waals surface area contributed by atoms with E-state index in [1.54, 1.807) is 0 Å². The first-order valence-electron chi connectivity index (χ1n) is 5.62. The maximum Gasteiger partial charge on any atom is 0.100 e. The highest BCUT2D eigenvalue weighted by Crippen LogP contribution is 2.26. The largest absolute Gasteiger partial charge is 0.245 e. The summed E-state index contributed by atoms with van der Waals surface area (Å²) >= 11 is 5.10. The van der Waals surface area contributed by atoms with Crippen molar-refractivity contribution in [3.63, 3.8) is 0 Å². The summed E-state index contributed by atoms with van der Waals surface area (Å²) < 4.78 is 0. The molecule has 0 fully saturated rings. The van der Waals surface area contributed by atoms with Gasteiger partial charge in [-0.3, -0.25) is 0 Å². The standard InChI is InChI=1S/C14H19NS/c1-5-14(3,4)13(15-11(2)16)12-9-7-6-8-10-12/h6-10H,5H2,1-4H3. The highest BCUT2D eigenvalue weighted by molar-refractivity contribution is 7.80. The Labute approximate surface area is 104 Å². The molecule has 0 heterocycles. The third-order valence-electron chi connectivity index (χ3n) is 2.84. The highest BCUT2D eigenvalue weighted by atomic mass is 32.1. The van der Waals surface area contributed by atoms with Crippen LogP contribution < -0.4 is 0 Å². The zero-order chi connectivity index (χ0) is 12.2. The maximum absolute atomic E-state index is 5.10. The lowest BCUT2D eigenvalue weighted by Crippen LogP contribution is -2.25. The summed E-state index contributed by atoms with van der Waals surface area (Å²) in [6.07, 6.45) is 1.04. The SMILES string of the molecule is CCC(C)(C)C(=NC(C)=S)c1ccccc1. The van der Waals surface area contributed by atoms with Crippen LogP contribution >= 0.6 is 12.2 Å². The molecule has 16 heavy (non-hydrogen) atoms. The average Bonchev–Trinajstić information content (AvgIpc) is 2.27. The molecule has 86 valence electrons. The van der Waals surface area contributed by atoms with Gasteiger partial charge in [0.1, 0.15) is 4.99 Å². The van der Waals surface area contributed by atoms with E-state index in [0.29, 0.717) is 4.99 Å². The Morgan fingerprint density at radius 1 is 1.25 bits per heavy atom. The van der Waals surface area contributed by atoms with Crippen LogP contribution in [0.15, 0.2) is 35.3 Å². The van der Waals surface area contributed by atoms with Crippen molar-refractivity contribution >= 4 is 22.9 Å². The van der Waals surface area contributed by atoms with E-state index in [9.17, 15) is 0 Å². The van der Waals surface area contributed by atoms with Gasteiger partial charge in [-0.1, -0.05) is 63.3 Å². The maximum atomic E-state index is 5.10. The molecule has 0 N–H and O–H groups in total. The van der Waals surface area contributed by atoms with Crippen molar-refractivity contribution in [1.82, 2.24) is 0 Å². The number of benzene rings is 1. The molecule has 1 aromatic carbocycles. The monoisotopic (exact) mass is 233 g/mol. The second-order valence-corrected chi connectivity index (χ2v) is 5.17. The number of hydrogen-bond acceptors (Lipinski definition) is 1. The molecule has 0 aliphatic carbocycles. The molecular formula is C14H19NS. The van der Waals surface area contributed by atoms with Crippen molar-refractivity contribution in [2.24, 2.45) is 10.4 Å². The zero-order valence-corrected chi connectivity index (χ0v) is 11.3. The molecule has 0 unspecified atom stereocenters. The van der Waals surface area contributed by atoms with Crippen LogP contribution in [0.1, 0.15) is 39.7 Å². The van der Waals surface area contributed by atoms with E-state index in [0.717, 1.165) is 12.1 Å². The number of rotatable bonds is 3. The van der Waals surface area contributed by atoms with Crippen LogP contribution in [-0.4, -0.2) is 10.7 Å². The third-order valence-corrected chi connectivity index (χ3v) is 2.93. The molecule has 1 rings (SSSR count). The molecule has 0 aromatic heterocycles. The zero-order valence-electron chi connectivity index (χ0n) is 10.4. The minimum Gasteiger partial charge on any atom is -0.245 e. The Morgan fingerprint density at radius 2 is 1.81 bits per heavy atom. The van der Waals surface area contributed by atoms with Crippen LogP contribution in [0.25, 0.3) is 0 Å². The number of aliphatic imine (C=N–C) groups is 1. The summed E-state index contributed by atoms with van der Waals surface area (Å²) in [5, 5.41) is 0. The minimum atomic E-state index is 0.0570. The van der Waals surface area contributed by atoms with Crippen molar-refractivity contribution in [2.45, 2.75) is 34.1 Å². The summed E-state index contributed by atoms with van der Waals surface area (Å²) in [6.45, 7) is 8.45. The third kappa shape index (κ3) is 3.24. The number of nitrogens with zero attached hydrogens (tertiary/aromatic N) is 1. The van der Waals surface area contributed by atoms with Crippen LogP contribution in [-0.2, 0) is 0 Å². The van der Waals surface area contributed by atoms with Gasteiger partial charge >= 0.3 is 0 Å². The Morgan fingerprint density at radius 3 is 2.25 bits per heavy atom. The van der Waals surface area contributed by atoms with Gasteiger partial charge in [-0.05, 0) is 18.9 Å². The molecule has 0 bridgehead atoms. The van der Waals surface area contributed by atoms with Crippen molar-refractivity contribution < 1.29 is 0 Å². The lowest BCUT2D eigenvalue weighted by molar-refractivity contribution is 0.504. The van der Waals surface area contributed by atoms with E-state index >= 15 is 0 Å². The molecule has 0 spiro atoms. The van der Waals surface area contributed by atoms with Gasteiger partial charge in [0.05, 0.1) is 5.71 Å². The molecule has 0 radical (unpaired) electrons. The number of thiocarbonyl (C=S) groups is 1. The first-order chi connectivity index (χ1) is 7.47.